The first kappa shape index (κ1) is 27.6. The monoisotopic (exact) mass is 531 g/mol. The summed E-state index contributed by atoms with van der Waals surface area (Å²) in [5.41, 5.74) is -1.70. The zero-order valence-electron chi connectivity index (χ0n) is 21.9. The van der Waals surface area contributed by atoms with Crippen molar-refractivity contribution < 1.29 is 48.4 Å². The van der Waals surface area contributed by atoms with Crippen LogP contribution in [0.15, 0.2) is 34.3 Å². The third-order valence-corrected chi connectivity index (χ3v) is 8.38. The maximum absolute atomic E-state index is 13.8. The molecule has 0 aromatic heterocycles. The second-order valence-corrected chi connectivity index (χ2v) is 10.7. The number of hydrogen-bond acceptors (Lipinski definition) is 10. The Hall–Kier alpha value is -3.47. The van der Waals surface area contributed by atoms with Crippen molar-refractivity contribution in [2.24, 2.45) is 16.7 Å². The van der Waals surface area contributed by atoms with E-state index in [1.54, 1.807) is 13.8 Å². The molecule has 3 aliphatic carbocycles. The van der Waals surface area contributed by atoms with Gasteiger partial charge in [-0.2, -0.15) is 0 Å². The molecule has 0 aromatic rings. The van der Waals surface area contributed by atoms with Crippen LogP contribution in [0, 0.1) is 16.7 Å². The fourth-order valence-corrected chi connectivity index (χ4v) is 6.61. The maximum Gasteiger partial charge on any atom is 0.340 e. The van der Waals surface area contributed by atoms with Gasteiger partial charge in [-0.25, -0.2) is 4.79 Å². The Morgan fingerprint density at radius 1 is 1.24 bits per heavy atom. The van der Waals surface area contributed by atoms with E-state index in [1.165, 1.54) is 20.2 Å². The fraction of sp³-hybridized carbons (Fsp3) is 0.593. The van der Waals surface area contributed by atoms with Crippen LogP contribution in [0.25, 0.3) is 0 Å². The highest BCUT2D eigenvalue weighted by molar-refractivity contribution is 6.14. The minimum Gasteiger partial charge on any atom is -0.504 e. The van der Waals surface area contributed by atoms with Gasteiger partial charge in [-0.1, -0.05) is 6.92 Å². The number of fused-ring (bicyclic) bond motifs is 4. The van der Waals surface area contributed by atoms with Crippen LogP contribution in [-0.2, 0) is 38.2 Å². The first-order valence-electron chi connectivity index (χ1n) is 12.7. The number of allylic oxidation sites excluding steroid dienone is 1. The van der Waals surface area contributed by atoms with Crippen molar-refractivity contribution in [2.45, 2.75) is 65.1 Å². The van der Waals surface area contributed by atoms with Crippen LogP contribution < -0.4 is 5.32 Å². The van der Waals surface area contributed by atoms with Crippen LogP contribution in [0.4, 0.5) is 0 Å². The van der Waals surface area contributed by atoms with Gasteiger partial charge >= 0.3 is 17.9 Å². The van der Waals surface area contributed by atoms with E-state index in [2.05, 4.69) is 5.32 Å². The summed E-state index contributed by atoms with van der Waals surface area (Å²) >= 11 is 0. The van der Waals surface area contributed by atoms with Crippen molar-refractivity contribution in [1.29, 1.82) is 0 Å². The van der Waals surface area contributed by atoms with Crippen LogP contribution in [0.3, 0.4) is 0 Å². The summed E-state index contributed by atoms with van der Waals surface area (Å²) in [6.07, 6.45) is 0.388. The van der Waals surface area contributed by atoms with Crippen molar-refractivity contribution >= 4 is 29.5 Å². The van der Waals surface area contributed by atoms with Gasteiger partial charge in [-0.3, -0.25) is 19.2 Å². The van der Waals surface area contributed by atoms with E-state index < -0.39 is 58.4 Å². The molecule has 0 bridgehead atoms. The summed E-state index contributed by atoms with van der Waals surface area (Å²) in [5, 5.41) is 23.1. The number of aliphatic hydroxyl groups is 1. The molecule has 0 spiro atoms. The lowest BCUT2D eigenvalue weighted by molar-refractivity contribution is -0.160. The molecule has 1 aliphatic heterocycles. The second-order valence-electron chi connectivity index (χ2n) is 10.7. The number of rotatable bonds is 8. The highest BCUT2D eigenvalue weighted by Gasteiger charge is 2.64. The number of Topliss-reactive ketones (excluding diaryl/α,β-unsaturated/α-hetero) is 2. The van der Waals surface area contributed by atoms with Gasteiger partial charge in [0.25, 0.3) is 0 Å². The number of hydrogen-bond donors (Lipinski definition) is 3. The predicted molar refractivity (Wildman–Crippen MR) is 131 cm³/mol. The standard InChI is InChI=1S/C27H33NO10/c1-13(29)37-16-10-26(2)15(7-8-17(26)30)20-22(16)27(3)18(12-36-4)38-25(35)14(21(27)24(34)23(20)33)11-28-9-5-6-19(31)32/h11,15-16,18,28,34H,5-10,12H2,1-4H3,(H,31,32). The first-order chi connectivity index (χ1) is 17.9. The van der Waals surface area contributed by atoms with Crippen molar-refractivity contribution in [3.8, 4) is 0 Å². The molecule has 4 rings (SSSR count). The van der Waals surface area contributed by atoms with Crippen LogP contribution in [0.5, 0.6) is 0 Å². The minimum atomic E-state index is -1.32. The highest BCUT2D eigenvalue weighted by Crippen LogP contribution is 2.62. The topological polar surface area (TPSA) is 166 Å². The molecular formula is C27H33NO10. The zero-order chi connectivity index (χ0) is 28.0. The van der Waals surface area contributed by atoms with Crippen molar-refractivity contribution in [3.05, 3.63) is 34.3 Å². The summed E-state index contributed by atoms with van der Waals surface area (Å²) < 4.78 is 16.9. The van der Waals surface area contributed by atoms with Crippen LogP contribution in [0.1, 0.15) is 52.9 Å². The molecule has 1 saturated carbocycles. The van der Waals surface area contributed by atoms with Crippen LogP contribution >= 0.6 is 0 Å². The Kier molecular flexibility index (Phi) is 7.26. The lowest BCUT2D eigenvalue weighted by Crippen LogP contribution is -2.57. The predicted octanol–water partition coefficient (Wildman–Crippen LogP) is 1.91. The SMILES string of the molecule is COCC1OC(=O)C(=CNCCCC(=O)O)C2=C(O)C(=O)C3=C(C(OC(C)=O)CC4(C)C(=O)CCC34)C21C. The minimum absolute atomic E-state index is 0.0235. The number of ketones is 2. The van der Waals surface area contributed by atoms with E-state index in [0.29, 0.717) is 12.0 Å². The maximum atomic E-state index is 13.8. The highest BCUT2D eigenvalue weighted by atomic mass is 16.6. The molecule has 5 atom stereocenters. The van der Waals surface area contributed by atoms with E-state index in [9.17, 15) is 29.1 Å². The number of carbonyl (C=O) groups is 5. The normalized spacial score (nSPS) is 33.5. The summed E-state index contributed by atoms with van der Waals surface area (Å²) in [5.74, 6) is -4.23. The number of methoxy groups -OCH3 is 1. The number of aliphatic hydroxyl groups excluding tert-OH is 1. The van der Waals surface area contributed by atoms with Crippen LogP contribution in [-0.4, -0.2) is 72.2 Å². The number of ether oxygens (including phenoxy) is 3. The largest absolute Gasteiger partial charge is 0.504 e. The third kappa shape index (κ3) is 4.22. The number of carbonyl (C=O) groups excluding carboxylic acids is 4. The number of cyclic esters (lactones) is 1. The summed E-state index contributed by atoms with van der Waals surface area (Å²) in [6.45, 7) is 4.86. The number of carboxylic acids is 1. The molecule has 1 heterocycles. The average Bonchev–Trinajstić information content (AvgIpc) is 3.12. The quantitative estimate of drug-likeness (QED) is 0.238. The van der Waals surface area contributed by atoms with Crippen LogP contribution in [0.2, 0.25) is 0 Å². The zero-order valence-corrected chi connectivity index (χ0v) is 21.9. The molecule has 11 nitrogen and oxygen atoms in total. The smallest absolute Gasteiger partial charge is 0.340 e. The van der Waals surface area contributed by atoms with E-state index in [4.69, 9.17) is 19.3 Å². The Morgan fingerprint density at radius 3 is 2.58 bits per heavy atom. The fourth-order valence-electron chi connectivity index (χ4n) is 6.61. The van der Waals surface area contributed by atoms with Gasteiger partial charge in [-0.15, -0.1) is 0 Å². The molecule has 4 aliphatic rings. The Balaban J connectivity index is 1.89. The average molecular weight is 532 g/mol. The lowest BCUT2D eigenvalue weighted by Gasteiger charge is -2.53. The molecule has 11 heteroatoms. The third-order valence-electron chi connectivity index (χ3n) is 8.38. The Bertz CT molecular complexity index is 1200. The molecule has 0 radical (unpaired) electrons. The van der Waals surface area contributed by atoms with Gasteiger partial charge in [0.15, 0.2) is 5.76 Å². The summed E-state index contributed by atoms with van der Waals surface area (Å²) in [4.78, 5) is 62.9. The van der Waals surface area contributed by atoms with Crippen molar-refractivity contribution in [2.75, 3.05) is 20.3 Å². The summed E-state index contributed by atoms with van der Waals surface area (Å²) in [6, 6.07) is 0. The Morgan fingerprint density at radius 2 is 1.95 bits per heavy atom. The van der Waals surface area contributed by atoms with Gasteiger partial charge in [0.05, 0.1) is 17.6 Å². The van der Waals surface area contributed by atoms with Crippen molar-refractivity contribution in [1.82, 2.24) is 5.32 Å². The Labute approximate surface area is 219 Å². The second kappa shape index (κ2) is 10.0. The molecule has 3 N–H and O–H groups in total. The first-order valence-corrected chi connectivity index (χ1v) is 12.7. The van der Waals surface area contributed by atoms with Gasteiger partial charge in [0.1, 0.15) is 18.0 Å². The van der Waals surface area contributed by atoms with Gasteiger partial charge in [-0.05, 0) is 25.3 Å². The van der Waals surface area contributed by atoms with Crippen molar-refractivity contribution in [3.63, 3.8) is 0 Å². The van der Waals surface area contributed by atoms with Gasteiger partial charge < -0.3 is 29.7 Å². The molecule has 2 fully saturated rings. The van der Waals surface area contributed by atoms with E-state index in [1.807, 2.05) is 0 Å². The van der Waals surface area contributed by atoms with Gasteiger partial charge in [0.2, 0.25) is 5.78 Å². The van der Waals surface area contributed by atoms with Gasteiger partial charge in [0, 0.05) is 68.5 Å². The molecule has 0 aromatic carbocycles. The molecule has 38 heavy (non-hydrogen) atoms. The molecule has 5 unspecified atom stereocenters. The van der Waals surface area contributed by atoms with E-state index in [0.717, 1.165) is 0 Å². The molecule has 206 valence electrons. The number of esters is 2. The van der Waals surface area contributed by atoms with E-state index >= 15 is 0 Å². The molecule has 0 amide bonds. The number of aliphatic carboxylic acids is 1. The molecule has 1 saturated heterocycles. The summed E-state index contributed by atoms with van der Waals surface area (Å²) in [7, 11) is 1.43. The lowest BCUT2D eigenvalue weighted by atomic mass is 9.53. The number of nitrogens with one attached hydrogen (secondary N) is 1. The van der Waals surface area contributed by atoms with E-state index in [-0.39, 0.29) is 61.3 Å². The number of carboxylic acid groups (broad SMARTS) is 1. The molecular weight excluding hydrogens is 498 g/mol.